The topological polar surface area (TPSA) is 224 Å². The van der Waals surface area contributed by atoms with Crippen molar-refractivity contribution in [1.29, 1.82) is 0 Å². The van der Waals surface area contributed by atoms with E-state index in [1.807, 2.05) is 0 Å². The Morgan fingerprint density at radius 3 is 1.92 bits per heavy atom. The third-order valence-corrected chi connectivity index (χ3v) is 14.5. The molecule has 0 heterocycles. The van der Waals surface area contributed by atoms with Gasteiger partial charge in [0.25, 0.3) is 11.4 Å². The van der Waals surface area contributed by atoms with Gasteiger partial charge in [0.05, 0.1) is 17.0 Å². The van der Waals surface area contributed by atoms with Gasteiger partial charge in [-0.3, -0.25) is 29.8 Å². The molecule has 5 amide bonds. The average Bonchev–Trinajstić information content (AvgIpc) is 3.55. The Bertz CT molecular complexity index is 1970. The van der Waals surface area contributed by atoms with Crippen molar-refractivity contribution in [2.24, 2.45) is 46.3 Å². The van der Waals surface area contributed by atoms with Crippen LogP contribution in [0.1, 0.15) is 78.6 Å². The number of hydrogen-bond donors (Lipinski definition) is 5. The van der Waals surface area contributed by atoms with Gasteiger partial charge in [0, 0.05) is 60.2 Å². The quantitative estimate of drug-likeness (QED) is 0.0848. The molecule has 0 aliphatic heterocycles. The van der Waals surface area contributed by atoms with Crippen molar-refractivity contribution in [3.8, 4) is 0 Å². The lowest BCUT2D eigenvalue weighted by atomic mass is 9.42. The van der Waals surface area contributed by atoms with Crippen LogP contribution in [0.25, 0.3) is 0 Å². The van der Waals surface area contributed by atoms with Gasteiger partial charge in [0.1, 0.15) is 0 Å². The Kier molecular flexibility index (Phi) is 12.7. The van der Waals surface area contributed by atoms with Gasteiger partial charge < -0.3 is 31.3 Å². The zero-order valence-corrected chi connectivity index (χ0v) is 33.9. The van der Waals surface area contributed by atoms with Gasteiger partial charge in [-0.25, -0.2) is 9.59 Å². The van der Waals surface area contributed by atoms with Crippen LogP contribution in [0.2, 0.25) is 0 Å². The minimum atomic E-state index is -5.05. The second kappa shape index (κ2) is 17.2. The highest BCUT2D eigenvalue weighted by Crippen LogP contribution is 2.68. The molecule has 4 fully saturated rings. The zero-order valence-electron chi connectivity index (χ0n) is 33.9. The van der Waals surface area contributed by atoms with E-state index in [9.17, 15) is 52.6 Å². The number of nitro groups is 2. The van der Waals surface area contributed by atoms with Crippen LogP contribution in [0, 0.1) is 66.6 Å². The summed E-state index contributed by atoms with van der Waals surface area (Å²) in [7, 11) is 1.34. The first kappa shape index (κ1) is 44.1. The summed E-state index contributed by atoms with van der Waals surface area (Å²) in [5, 5.41) is 36.7. The maximum Gasteiger partial charge on any atom is 0.471 e. The third-order valence-electron chi connectivity index (χ3n) is 14.5. The molecule has 16 nitrogen and oxygen atoms in total. The van der Waals surface area contributed by atoms with Crippen molar-refractivity contribution in [1.82, 2.24) is 16.0 Å². The van der Waals surface area contributed by atoms with Crippen LogP contribution < -0.4 is 26.6 Å². The lowest BCUT2D eigenvalue weighted by molar-refractivity contribution is -0.385. The lowest BCUT2D eigenvalue weighted by Gasteiger charge is -2.65. The molecule has 2 aromatic rings. The van der Waals surface area contributed by atoms with Crippen molar-refractivity contribution in [3.05, 3.63) is 68.8 Å². The number of ether oxygens (including phenoxy) is 1. The number of benzene rings is 2. The first-order valence-corrected chi connectivity index (χ1v) is 20.3. The van der Waals surface area contributed by atoms with Gasteiger partial charge in [-0.15, -0.1) is 0 Å². The average molecular weight is 844 g/mol. The number of fused-ring (bicyclic) bond motifs is 5. The molecule has 19 heteroatoms. The predicted molar refractivity (Wildman–Crippen MR) is 212 cm³/mol. The number of esters is 1. The molecule has 4 aliphatic rings. The number of carbonyl (C=O) groups excluding carboxylic acids is 4. The normalized spacial score (nSPS) is 31.2. The van der Waals surface area contributed by atoms with E-state index < -0.39 is 62.9 Å². The second-order valence-electron chi connectivity index (χ2n) is 17.5. The zero-order chi connectivity index (χ0) is 43.7. The van der Waals surface area contributed by atoms with E-state index in [2.05, 4.69) is 47.4 Å². The highest BCUT2D eigenvalue weighted by Gasteiger charge is 2.66. The summed E-state index contributed by atoms with van der Waals surface area (Å²) in [6.45, 7) is 6.37. The predicted octanol–water partition coefficient (Wildman–Crippen LogP) is 7.70. The Labute approximate surface area is 344 Å². The number of urea groups is 2. The van der Waals surface area contributed by atoms with Crippen LogP contribution in [0.4, 0.5) is 45.5 Å². The molecule has 0 aromatic heterocycles. The standard InChI is InChI=1S/C41H52F3N7O9/c1-22(5-16-34(52)60-4)29-14-15-30-35-31(21-33(40(29,30)3)49-38(55)47-25-8-12-28(13-9-25)51(58)59)39(2)18-17-26(45-36(53)41(42,43)44)19-23(39)20-32(35)48-37(54)46-24-6-10-27(11-7-24)50(56)57/h6-13,22-23,26,29-33,35H,5,14-21H2,1-4H3,(H,45,53)(H2,46,48,54)(H2,47,49,55)/t22-,23+,26-,29-,30+,31+,32-,33+,35+,39+,40-/m1/s1. The number of methoxy groups -OCH3 is 1. The van der Waals surface area contributed by atoms with E-state index in [-0.39, 0.29) is 65.7 Å². The minimum Gasteiger partial charge on any atom is -0.469 e. The first-order chi connectivity index (χ1) is 28.2. The molecular formula is C41H52F3N7O9. The molecule has 0 radical (unpaired) electrons. The van der Waals surface area contributed by atoms with Gasteiger partial charge >= 0.3 is 30.1 Å². The van der Waals surface area contributed by atoms with Gasteiger partial charge in [-0.05, 0) is 122 Å². The van der Waals surface area contributed by atoms with Crippen molar-refractivity contribution < 1.29 is 46.9 Å². The largest absolute Gasteiger partial charge is 0.471 e. The number of amides is 5. The molecule has 4 aliphatic carbocycles. The van der Waals surface area contributed by atoms with Crippen LogP contribution in [0.3, 0.4) is 0 Å². The number of nitro benzene ring substituents is 2. The summed E-state index contributed by atoms with van der Waals surface area (Å²) in [6.07, 6.45) is -0.874. The smallest absolute Gasteiger partial charge is 0.469 e. The number of rotatable bonds is 11. The third kappa shape index (κ3) is 8.99. The summed E-state index contributed by atoms with van der Waals surface area (Å²) >= 11 is 0. The number of anilines is 2. The SMILES string of the molecule is COC(=O)CC[C@@H](C)[C@H]1CC[C@H]2[C@@H]3[C@H](NC(=O)Nc4ccc([N+](=O)[O-])cc4)C[C@@H]4C[C@H](NC(=O)C(F)(F)F)CC[C@]4(C)[C@H]3C[C@H](NC(=O)Nc3ccc([N+](=O)[O-])cc3)[C@]12C. The maximum absolute atomic E-state index is 13.9. The molecule has 0 saturated heterocycles. The van der Waals surface area contributed by atoms with Crippen LogP contribution in [0.15, 0.2) is 48.5 Å². The summed E-state index contributed by atoms with van der Waals surface area (Å²) in [5.41, 5.74) is -0.652. The molecule has 4 saturated carbocycles. The summed E-state index contributed by atoms with van der Waals surface area (Å²) in [5.74, 6) is -2.89. The fourth-order valence-corrected chi connectivity index (χ4v) is 11.6. The van der Waals surface area contributed by atoms with Crippen molar-refractivity contribution in [2.45, 2.75) is 103 Å². The monoisotopic (exact) mass is 843 g/mol. The Morgan fingerprint density at radius 1 is 0.817 bits per heavy atom. The number of alkyl halides is 3. The van der Waals surface area contributed by atoms with Crippen molar-refractivity contribution >= 4 is 46.7 Å². The minimum absolute atomic E-state index is 0.0196. The van der Waals surface area contributed by atoms with Gasteiger partial charge in [-0.1, -0.05) is 20.8 Å². The molecule has 0 bridgehead atoms. The van der Waals surface area contributed by atoms with E-state index in [0.717, 1.165) is 12.8 Å². The van der Waals surface area contributed by atoms with Crippen molar-refractivity contribution in [2.75, 3.05) is 17.7 Å². The maximum atomic E-state index is 13.9. The molecule has 2 aromatic carbocycles. The Balaban J connectivity index is 1.34. The Morgan fingerprint density at radius 2 is 1.38 bits per heavy atom. The second-order valence-corrected chi connectivity index (χ2v) is 17.5. The molecule has 60 heavy (non-hydrogen) atoms. The van der Waals surface area contributed by atoms with Gasteiger partial charge in [0.15, 0.2) is 0 Å². The molecule has 6 rings (SSSR count). The Hall–Kier alpha value is -5.49. The summed E-state index contributed by atoms with van der Waals surface area (Å²) < 4.78 is 45.1. The lowest BCUT2D eigenvalue weighted by Crippen LogP contribution is -2.68. The van der Waals surface area contributed by atoms with E-state index in [1.54, 1.807) is 0 Å². The van der Waals surface area contributed by atoms with Crippen molar-refractivity contribution in [3.63, 3.8) is 0 Å². The van der Waals surface area contributed by atoms with E-state index in [1.165, 1.54) is 55.6 Å². The van der Waals surface area contributed by atoms with Crippen LogP contribution in [-0.4, -0.2) is 65.2 Å². The van der Waals surface area contributed by atoms with Crippen LogP contribution in [0.5, 0.6) is 0 Å². The molecule has 0 unspecified atom stereocenters. The fourth-order valence-electron chi connectivity index (χ4n) is 11.6. The number of carbonyl (C=O) groups is 4. The highest BCUT2D eigenvalue weighted by molar-refractivity contribution is 5.90. The van der Waals surface area contributed by atoms with E-state index in [0.29, 0.717) is 43.5 Å². The molecule has 0 spiro atoms. The van der Waals surface area contributed by atoms with Gasteiger partial charge in [0.2, 0.25) is 0 Å². The number of hydrogen-bond acceptors (Lipinski definition) is 9. The molecule has 326 valence electrons. The number of nitrogens with one attached hydrogen (secondary N) is 5. The molecular weight excluding hydrogens is 791 g/mol. The first-order valence-electron chi connectivity index (χ1n) is 20.3. The van der Waals surface area contributed by atoms with Crippen LogP contribution >= 0.6 is 0 Å². The van der Waals surface area contributed by atoms with Crippen LogP contribution in [-0.2, 0) is 14.3 Å². The number of non-ortho nitro benzene ring substituents is 2. The number of halogens is 3. The van der Waals surface area contributed by atoms with E-state index >= 15 is 0 Å². The molecule has 5 N–H and O–H groups in total. The van der Waals surface area contributed by atoms with E-state index in [4.69, 9.17) is 4.74 Å². The van der Waals surface area contributed by atoms with Gasteiger partial charge in [-0.2, -0.15) is 13.2 Å². The molecule has 11 atom stereocenters. The highest BCUT2D eigenvalue weighted by atomic mass is 19.4. The number of nitrogens with zero attached hydrogens (tertiary/aromatic N) is 2. The summed E-state index contributed by atoms with van der Waals surface area (Å²) in [4.78, 5) is 73.4. The fraction of sp³-hybridized carbons (Fsp3) is 0.610. The summed E-state index contributed by atoms with van der Waals surface area (Å²) in [6, 6.07) is 8.08.